The van der Waals surface area contributed by atoms with Crippen molar-refractivity contribution in [3.05, 3.63) is 77.3 Å². The van der Waals surface area contributed by atoms with Crippen LogP contribution in [0.25, 0.3) is 0 Å². The smallest absolute Gasteiger partial charge is 0.266 e. The number of nitrogens with zero attached hydrogens (tertiary/aromatic N) is 2. The first kappa shape index (κ1) is 18.6. The monoisotopic (exact) mass is 413 g/mol. The lowest BCUT2D eigenvalue weighted by atomic mass is 9.96. The summed E-state index contributed by atoms with van der Waals surface area (Å²) in [6.07, 6.45) is 3.45. The van der Waals surface area contributed by atoms with Crippen LogP contribution in [0.1, 0.15) is 28.8 Å². The van der Waals surface area contributed by atoms with Gasteiger partial charge in [-0.15, -0.1) is 11.3 Å². The normalized spacial score (nSPS) is 15.1. The number of hydrogen-bond acceptors (Lipinski definition) is 5. The summed E-state index contributed by atoms with van der Waals surface area (Å²) in [6.45, 7) is 0.324. The molecule has 0 bridgehead atoms. The Hall–Kier alpha value is -2.71. The van der Waals surface area contributed by atoms with Crippen LogP contribution in [0.5, 0.6) is 0 Å². The third-order valence-electron chi connectivity index (χ3n) is 5.05. The van der Waals surface area contributed by atoms with Gasteiger partial charge in [-0.05, 0) is 42.7 Å². The van der Waals surface area contributed by atoms with E-state index in [1.165, 1.54) is 39.9 Å². The number of amides is 1. The maximum atomic E-state index is 13.4. The molecule has 1 aliphatic carbocycles. The van der Waals surface area contributed by atoms with Crippen molar-refractivity contribution in [2.24, 2.45) is 5.73 Å². The van der Waals surface area contributed by atoms with E-state index in [0.717, 1.165) is 18.4 Å². The summed E-state index contributed by atoms with van der Waals surface area (Å²) in [6, 6.07) is 15.7. The van der Waals surface area contributed by atoms with Crippen molar-refractivity contribution < 1.29 is 13.2 Å². The number of aromatic nitrogens is 1. The number of hydrogen-bond donors (Lipinski definition) is 1. The summed E-state index contributed by atoms with van der Waals surface area (Å²) in [5.41, 5.74) is 6.46. The van der Waals surface area contributed by atoms with Gasteiger partial charge in [-0.25, -0.2) is 17.7 Å². The largest absolute Gasteiger partial charge is 0.366 e. The maximum absolute atomic E-state index is 13.4. The fourth-order valence-electron chi connectivity index (χ4n) is 3.27. The number of primary amides is 1. The Labute approximate surface area is 167 Å². The molecular weight excluding hydrogens is 394 g/mol. The summed E-state index contributed by atoms with van der Waals surface area (Å²) in [7, 11) is -3.84. The van der Waals surface area contributed by atoms with Crippen LogP contribution in [0.15, 0.2) is 71.1 Å². The number of thiazole rings is 1. The van der Waals surface area contributed by atoms with Crippen LogP contribution in [0, 0.1) is 0 Å². The lowest BCUT2D eigenvalue weighted by Gasteiger charge is -2.27. The SMILES string of the molecule is NC(=O)c1ccc(S(=O)(=O)N(CC2(c3ccccc3)CC2)c2nccs2)cc1. The zero-order valence-corrected chi connectivity index (χ0v) is 16.6. The van der Waals surface area contributed by atoms with Gasteiger partial charge in [0.05, 0.1) is 4.90 Å². The Morgan fingerprint density at radius 3 is 2.32 bits per heavy atom. The number of sulfonamides is 1. The zero-order chi connectivity index (χ0) is 19.8. The van der Waals surface area contributed by atoms with Gasteiger partial charge in [0.15, 0.2) is 5.13 Å². The first-order valence-corrected chi connectivity index (χ1v) is 11.1. The van der Waals surface area contributed by atoms with Crippen LogP contribution in [-0.4, -0.2) is 25.9 Å². The molecule has 4 rings (SSSR count). The molecule has 144 valence electrons. The highest BCUT2D eigenvalue weighted by atomic mass is 32.2. The van der Waals surface area contributed by atoms with Crippen molar-refractivity contribution in [2.75, 3.05) is 10.8 Å². The second-order valence-corrected chi connectivity index (χ2v) is 9.60. The molecular formula is C20H19N3O3S2. The number of carbonyl (C=O) groups is 1. The average molecular weight is 414 g/mol. The minimum atomic E-state index is -3.84. The molecule has 0 saturated heterocycles. The molecule has 0 radical (unpaired) electrons. The van der Waals surface area contributed by atoms with E-state index in [4.69, 9.17) is 5.73 Å². The molecule has 2 aromatic carbocycles. The summed E-state index contributed by atoms with van der Waals surface area (Å²) < 4.78 is 28.2. The summed E-state index contributed by atoms with van der Waals surface area (Å²) in [5, 5.41) is 2.19. The van der Waals surface area contributed by atoms with Gasteiger partial charge >= 0.3 is 0 Å². The van der Waals surface area contributed by atoms with E-state index >= 15 is 0 Å². The molecule has 0 atom stereocenters. The standard InChI is InChI=1S/C20H19N3O3S2/c21-18(24)15-6-8-17(9-7-15)28(25,26)23(19-22-12-13-27-19)14-20(10-11-20)16-4-2-1-3-5-16/h1-9,12-13H,10-11,14H2,(H2,21,24). The minimum Gasteiger partial charge on any atom is -0.366 e. The minimum absolute atomic E-state index is 0.108. The van der Waals surface area contributed by atoms with Crippen LogP contribution in [-0.2, 0) is 15.4 Å². The predicted octanol–water partition coefficient (Wildman–Crippen LogP) is 3.17. The molecule has 1 heterocycles. The molecule has 3 aromatic rings. The first-order valence-electron chi connectivity index (χ1n) is 8.80. The third-order valence-corrected chi connectivity index (χ3v) is 7.71. The second kappa shape index (κ2) is 7.03. The van der Waals surface area contributed by atoms with Crippen LogP contribution >= 0.6 is 11.3 Å². The molecule has 8 heteroatoms. The molecule has 1 aliphatic rings. The van der Waals surface area contributed by atoms with Gasteiger partial charge in [-0.3, -0.25) is 4.79 Å². The van der Waals surface area contributed by atoms with Gasteiger partial charge in [-0.2, -0.15) is 0 Å². The quantitative estimate of drug-likeness (QED) is 0.644. The van der Waals surface area contributed by atoms with Crippen molar-refractivity contribution in [1.82, 2.24) is 4.98 Å². The van der Waals surface area contributed by atoms with E-state index < -0.39 is 15.9 Å². The van der Waals surface area contributed by atoms with Crippen molar-refractivity contribution in [1.29, 1.82) is 0 Å². The van der Waals surface area contributed by atoms with Gasteiger partial charge < -0.3 is 5.73 Å². The fraction of sp³-hybridized carbons (Fsp3) is 0.200. The van der Waals surface area contributed by atoms with Gasteiger partial charge in [0, 0.05) is 29.1 Å². The molecule has 0 spiro atoms. The van der Waals surface area contributed by atoms with E-state index in [1.807, 2.05) is 30.3 Å². The van der Waals surface area contributed by atoms with Gasteiger partial charge in [0.25, 0.3) is 10.0 Å². The zero-order valence-electron chi connectivity index (χ0n) is 15.0. The summed E-state index contributed by atoms with van der Waals surface area (Å²) in [4.78, 5) is 15.6. The lowest BCUT2D eigenvalue weighted by molar-refractivity contribution is 0.1000. The predicted molar refractivity (Wildman–Crippen MR) is 109 cm³/mol. The molecule has 6 nitrogen and oxygen atoms in total. The summed E-state index contributed by atoms with van der Waals surface area (Å²) >= 11 is 1.29. The van der Waals surface area contributed by atoms with Crippen molar-refractivity contribution in [2.45, 2.75) is 23.2 Å². The molecule has 1 saturated carbocycles. The van der Waals surface area contributed by atoms with E-state index in [9.17, 15) is 13.2 Å². The second-order valence-electron chi connectivity index (χ2n) is 6.86. The number of carbonyl (C=O) groups excluding carboxylic acids is 1. The summed E-state index contributed by atoms with van der Waals surface area (Å²) in [5.74, 6) is -0.596. The van der Waals surface area contributed by atoms with E-state index in [2.05, 4.69) is 4.98 Å². The Balaban J connectivity index is 1.72. The van der Waals surface area contributed by atoms with Crippen LogP contribution in [0.4, 0.5) is 5.13 Å². The van der Waals surface area contributed by atoms with Gasteiger partial charge in [-0.1, -0.05) is 30.3 Å². The van der Waals surface area contributed by atoms with Crippen molar-refractivity contribution >= 4 is 32.4 Å². The molecule has 1 amide bonds. The number of nitrogens with two attached hydrogens (primary N) is 1. The highest BCUT2D eigenvalue weighted by Crippen LogP contribution is 2.50. The Kier molecular flexibility index (Phi) is 4.68. The molecule has 28 heavy (non-hydrogen) atoms. The molecule has 0 aliphatic heterocycles. The molecule has 1 aromatic heterocycles. The van der Waals surface area contributed by atoms with Crippen LogP contribution in [0.2, 0.25) is 0 Å². The maximum Gasteiger partial charge on any atom is 0.266 e. The Morgan fingerprint density at radius 1 is 1.11 bits per heavy atom. The molecule has 1 fully saturated rings. The third kappa shape index (κ3) is 3.41. The number of benzene rings is 2. The van der Waals surface area contributed by atoms with Gasteiger partial charge in [0.2, 0.25) is 5.91 Å². The van der Waals surface area contributed by atoms with E-state index in [0.29, 0.717) is 11.7 Å². The Morgan fingerprint density at radius 2 is 1.79 bits per heavy atom. The highest BCUT2D eigenvalue weighted by molar-refractivity contribution is 7.93. The lowest BCUT2D eigenvalue weighted by Crippen LogP contribution is -2.37. The molecule has 0 unspecified atom stereocenters. The van der Waals surface area contributed by atoms with E-state index in [1.54, 1.807) is 11.6 Å². The van der Waals surface area contributed by atoms with Crippen LogP contribution in [0.3, 0.4) is 0 Å². The van der Waals surface area contributed by atoms with Crippen molar-refractivity contribution in [3.8, 4) is 0 Å². The van der Waals surface area contributed by atoms with Crippen LogP contribution < -0.4 is 10.0 Å². The topological polar surface area (TPSA) is 93.4 Å². The number of anilines is 1. The van der Waals surface area contributed by atoms with E-state index in [-0.39, 0.29) is 15.9 Å². The molecule has 2 N–H and O–H groups in total. The number of rotatable bonds is 7. The Bertz CT molecular complexity index is 1080. The van der Waals surface area contributed by atoms with Crippen molar-refractivity contribution in [3.63, 3.8) is 0 Å². The fourth-order valence-corrected chi connectivity index (χ4v) is 5.64. The van der Waals surface area contributed by atoms with Gasteiger partial charge in [0.1, 0.15) is 0 Å². The average Bonchev–Trinajstić information content (AvgIpc) is 3.30. The highest BCUT2D eigenvalue weighted by Gasteiger charge is 2.48. The first-order chi connectivity index (χ1) is 13.4.